The Bertz CT molecular complexity index is 573. The maximum atomic E-state index is 11.6. The van der Waals surface area contributed by atoms with Crippen molar-refractivity contribution in [2.24, 2.45) is 0 Å². The molecule has 0 bridgehead atoms. The Balaban J connectivity index is 2.18. The van der Waals surface area contributed by atoms with E-state index in [0.717, 1.165) is 5.69 Å². The Morgan fingerprint density at radius 3 is 3.19 bits per heavy atom. The molecule has 16 heavy (non-hydrogen) atoms. The fourth-order valence-electron chi connectivity index (χ4n) is 1.26. The average Bonchev–Trinajstić information content (AvgIpc) is 2.65. The van der Waals surface area contributed by atoms with Gasteiger partial charge in [-0.1, -0.05) is 0 Å². The summed E-state index contributed by atoms with van der Waals surface area (Å²) in [7, 11) is 0. The van der Waals surface area contributed by atoms with Gasteiger partial charge in [0.2, 0.25) is 0 Å². The highest BCUT2D eigenvalue weighted by molar-refractivity contribution is 7.99. The highest BCUT2D eigenvalue weighted by Crippen LogP contribution is 2.12. The topological polar surface area (TPSA) is 51.4 Å². The summed E-state index contributed by atoms with van der Waals surface area (Å²) >= 11 is 2.91. The smallest absolute Gasteiger partial charge is 0.258 e. The van der Waals surface area contributed by atoms with Gasteiger partial charge in [0, 0.05) is 23.4 Å². The molecule has 0 radical (unpaired) electrons. The molecule has 6 heteroatoms. The van der Waals surface area contributed by atoms with E-state index < -0.39 is 0 Å². The number of hydrogen-bond donors (Lipinski definition) is 0. The lowest BCUT2D eigenvalue weighted by Gasteiger charge is -1.99. The predicted molar refractivity (Wildman–Crippen MR) is 66.2 cm³/mol. The molecule has 4 nitrogen and oxygen atoms in total. The lowest BCUT2D eigenvalue weighted by Crippen LogP contribution is -2.12. The van der Waals surface area contributed by atoms with Gasteiger partial charge in [0.15, 0.2) is 4.96 Å². The summed E-state index contributed by atoms with van der Waals surface area (Å²) in [5.41, 5.74) is 0.670. The van der Waals surface area contributed by atoms with Crippen LogP contribution < -0.4 is 5.56 Å². The Kier molecular flexibility index (Phi) is 3.40. The molecule has 0 unspecified atom stereocenters. The third-order valence-corrected chi connectivity index (χ3v) is 3.78. The third kappa shape index (κ3) is 2.51. The van der Waals surface area contributed by atoms with Crippen molar-refractivity contribution in [2.75, 3.05) is 5.75 Å². The lowest BCUT2D eigenvalue weighted by molar-refractivity contribution is -0.114. The maximum Gasteiger partial charge on any atom is 0.258 e. The van der Waals surface area contributed by atoms with Gasteiger partial charge >= 0.3 is 0 Å². The van der Waals surface area contributed by atoms with Crippen LogP contribution in [0.1, 0.15) is 12.6 Å². The zero-order valence-corrected chi connectivity index (χ0v) is 10.3. The molecule has 0 fully saturated rings. The van der Waals surface area contributed by atoms with Crippen LogP contribution in [0.3, 0.4) is 0 Å². The van der Waals surface area contributed by atoms with Crippen LogP contribution in [0.4, 0.5) is 0 Å². The molecule has 0 aliphatic heterocycles. The third-order valence-electron chi connectivity index (χ3n) is 1.91. The standard InChI is InChI=1S/C10H10N2O2S2/c1-7(13)5-15-6-8-4-9(14)12-2-3-16-10(12)11-8/h2-4H,5-6H2,1H3. The van der Waals surface area contributed by atoms with Gasteiger partial charge in [-0.3, -0.25) is 14.0 Å². The van der Waals surface area contributed by atoms with E-state index in [-0.39, 0.29) is 11.3 Å². The summed E-state index contributed by atoms with van der Waals surface area (Å²) in [4.78, 5) is 27.4. The molecule has 0 aliphatic carbocycles. The van der Waals surface area contributed by atoms with Gasteiger partial charge in [-0.25, -0.2) is 4.98 Å². The molecule has 0 saturated carbocycles. The number of Topliss-reactive ketones (excluding diaryl/α,β-unsaturated/α-hetero) is 1. The van der Waals surface area contributed by atoms with Crippen LogP contribution in [-0.4, -0.2) is 20.9 Å². The van der Waals surface area contributed by atoms with Crippen LogP contribution in [0.5, 0.6) is 0 Å². The lowest BCUT2D eigenvalue weighted by atomic mass is 10.4. The number of thiazole rings is 1. The van der Waals surface area contributed by atoms with Crippen molar-refractivity contribution in [3.63, 3.8) is 0 Å². The number of nitrogens with zero attached hydrogens (tertiary/aromatic N) is 2. The van der Waals surface area contributed by atoms with Crippen molar-refractivity contribution >= 4 is 33.8 Å². The van der Waals surface area contributed by atoms with E-state index in [1.165, 1.54) is 33.6 Å². The number of carbonyl (C=O) groups excluding carboxylic acids is 1. The molecular weight excluding hydrogens is 244 g/mol. The first-order chi connectivity index (χ1) is 7.66. The summed E-state index contributed by atoms with van der Waals surface area (Å²) < 4.78 is 1.52. The highest BCUT2D eigenvalue weighted by Gasteiger charge is 2.03. The normalized spacial score (nSPS) is 10.8. The van der Waals surface area contributed by atoms with Crippen molar-refractivity contribution in [3.8, 4) is 0 Å². The second kappa shape index (κ2) is 4.80. The van der Waals surface area contributed by atoms with Crippen molar-refractivity contribution in [1.29, 1.82) is 0 Å². The SMILES string of the molecule is CC(=O)CSCc1cc(=O)n2ccsc2n1. The molecular formula is C10H10N2O2S2. The van der Waals surface area contributed by atoms with E-state index in [2.05, 4.69) is 4.98 Å². The molecule has 0 saturated heterocycles. The van der Waals surface area contributed by atoms with Gasteiger partial charge in [0.25, 0.3) is 5.56 Å². The van der Waals surface area contributed by atoms with E-state index >= 15 is 0 Å². The van der Waals surface area contributed by atoms with E-state index in [1.54, 1.807) is 13.1 Å². The molecule has 0 atom stereocenters. The maximum absolute atomic E-state index is 11.6. The molecule has 2 rings (SSSR count). The van der Waals surface area contributed by atoms with E-state index in [9.17, 15) is 9.59 Å². The zero-order valence-electron chi connectivity index (χ0n) is 8.67. The minimum absolute atomic E-state index is 0.0651. The minimum atomic E-state index is -0.0651. The van der Waals surface area contributed by atoms with E-state index in [0.29, 0.717) is 16.5 Å². The van der Waals surface area contributed by atoms with Crippen LogP contribution >= 0.6 is 23.1 Å². The monoisotopic (exact) mass is 254 g/mol. The van der Waals surface area contributed by atoms with E-state index in [1.807, 2.05) is 5.38 Å². The van der Waals surface area contributed by atoms with E-state index in [4.69, 9.17) is 0 Å². The first-order valence-electron chi connectivity index (χ1n) is 4.70. The van der Waals surface area contributed by atoms with Crippen molar-refractivity contribution < 1.29 is 4.79 Å². The fraction of sp³-hybridized carbons (Fsp3) is 0.300. The number of aromatic nitrogens is 2. The van der Waals surface area contributed by atoms with Crippen LogP contribution in [0.2, 0.25) is 0 Å². The van der Waals surface area contributed by atoms with Gasteiger partial charge in [-0.2, -0.15) is 0 Å². The van der Waals surface area contributed by atoms with Crippen molar-refractivity contribution in [1.82, 2.24) is 9.38 Å². The first kappa shape index (κ1) is 11.3. The van der Waals surface area contributed by atoms with Gasteiger partial charge in [0.1, 0.15) is 5.78 Å². The number of hydrogen-bond acceptors (Lipinski definition) is 5. The summed E-state index contributed by atoms with van der Waals surface area (Å²) in [6.45, 7) is 1.55. The Morgan fingerprint density at radius 1 is 1.62 bits per heavy atom. The van der Waals surface area contributed by atoms with Gasteiger partial charge in [-0.05, 0) is 6.92 Å². The Labute approximate surface area is 100 Å². The molecule has 2 aromatic heterocycles. The minimum Gasteiger partial charge on any atom is -0.299 e. The Morgan fingerprint density at radius 2 is 2.44 bits per heavy atom. The number of rotatable bonds is 4. The first-order valence-corrected chi connectivity index (χ1v) is 6.73. The quantitative estimate of drug-likeness (QED) is 0.831. The predicted octanol–water partition coefficient (Wildman–Crippen LogP) is 1.58. The van der Waals surface area contributed by atoms with Gasteiger partial charge in [0.05, 0.1) is 11.4 Å². The fourth-order valence-corrected chi connectivity index (χ4v) is 2.75. The van der Waals surface area contributed by atoms with Crippen LogP contribution in [0.15, 0.2) is 22.4 Å². The Hall–Kier alpha value is -1.14. The number of thioether (sulfide) groups is 1. The second-order valence-corrected chi connectivity index (χ2v) is 5.19. The molecule has 0 spiro atoms. The summed E-state index contributed by atoms with van der Waals surface area (Å²) in [5, 5.41) is 1.83. The second-order valence-electron chi connectivity index (χ2n) is 3.34. The van der Waals surface area contributed by atoms with Crippen LogP contribution in [0, 0.1) is 0 Å². The van der Waals surface area contributed by atoms with Gasteiger partial charge < -0.3 is 0 Å². The van der Waals surface area contributed by atoms with Crippen molar-refractivity contribution in [3.05, 3.63) is 33.7 Å². The molecule has 0 amide bonds. The molecule has 84 valence electrons. The number of ketones is 1. The zero-order chi connectivity index (χ0) is 11.5. The van der Waals surface area contributed by atoms with Crippen molar-refractivity contribution in [2.45, 2.75) is 12.7 Å². The summed E-state index contributed by atoms with van der Waals surface area (Å²) in [6.07, 6.45) is 1.71. The molecule has 2 aromatic rings. The largest absolute Gasteiger partial charge is 0.299 e. The van der Waals surface area contributed by atoms with Crippen LogP contribution in [0.25, 0.3) is 4.96 Å². The average molecular weight is 254 g/mol. The molecule has 0 aromatic carbocycles. The highest BCUT2D eigenvalue weighted by atomic mass is 32.2. The van der Waals surface area contributed by atoms with Crippen LogP contribution in [-0.2, 0) is 10.5 Å². The number of fused-ring (bicyclic) bond motifs is 1. The molecule has 2 heterocycles. The number of carbonyl (C=O) groups is 1. The molecule has 0 aliphatic rings. The van der Waals surface area contributed by atoms with Gasteiger partial charge in [-0.15, -0.1) is 23.1 Å². The summed E-state index contributed by atoms with van der Waals surface area (Å²) in [6, 6.07) is 1.52. The molecule has 0 N–H and O–H groups in total. The summed E-state index contributed by atoms with van der Waals surface area (Å²) in [5.74, 6) is 1.20.